The van der Waals surface area contributed by atoms with E-state index in [1.807, 2.05) is 0 Å². The van der Waals surface area contributed by atoms with Gasteiger partial charge in [-0.25, -0.2) is 0 Å². The van der Waals surface area contributed by atoms with Gasteiger partial charge in [0.1, 0.15) is 43.2 Å². The summed E-state index contributed by atoms with van der Waals surface area (Å²) in [5.74, 6) is 0.226. The minimum atomic E-state index is -1.72. The highest BCUT2D eigenvalue weighted by Gasteiger charge is 2.52. The molecule has 2 aromatic carbocycles. The third-order valence-electron chi connectivity index (χ3n) is 9.75. The van der Waals surface area contributed by atoms with Crippen molar-refractivity contribution in [2.75, 3.05) is 34.0 Å². The second-order valence-corrected chi connectivity index (χ2v) is 12.9. The summed E-state index contributed by atoms with van der Waals surface area (Å²) in [6, 6.07) is 10.3. The second-order valence-electron chi connectivity index (χ2n) is 12.9. The molecule has 16 nitrogen and oxygen atoms in total. The van der Waals surface area contributed by atoms with Gasteiger partial charge < -0.3 is 73.3 Å². The van der Waals surface area contributed by atoms with E-state index in [9.17, 15) is 35.4 Å². The van der Waals surface area contributed by atoms with E-state index < -0.39 is 74.0 Å². The highest BCUT2D eigenvalue weighted by Crippen LogP contribution is 2.51. The van der Waals surface area contributed by atoms with E-state index in [0.29, 0.717) is 19.0 Å². The van der Waals surface area contributed by atoms with Gasteiger partial charge in [0, 0.05) is 18.8 Å². The number of aliphatic hydroxyl groups is 5. The van der Waals surface area contributed by atoms with Crippen LogP contribution in [0.1, 0.15) is 37.2 Å². The molecule has 4 aliphatic heterocycles. The van der Waals surface area contributed by atoms with Gasteiger partial charge in [0.15, 0.2) is 35.4 Å². The van der Waals surface area contributed by atoms with Crippen molar-refractivity contribution in [3.05, 3.63) is 47.5 Å². The molecular formula is C34H44O16. The minimum Gasteiger partial charge on any atom is -0.504 e. The molecule has 0 amide bonds. The van der Waals surface area contributed by atoms with E-state index in [1.54, 1.807) is 36.4 Å². The van der Waals surface area contributed by atoms with Crippen LogP contribution in [0, 0.1) is 11.8 Å². The van der Waals surface area contributed by atoms with E-state index in [-0.39, 0.29) is 41.3 Å². The van der Waals surface area contributed by atoms with Gasteiger partial charge in [-0.2, -0.15) is 0 Å². The Balaban J connectivity index is 1.21. The van der Waals surface area contributed by atoms with E-state index in [1.165, 1.54) is 28.1 Å². The Kier molecular flexibility index (Phi) is 11.0. The Bertz CT molecular complexity index is 1490. The summed E-state index contributed by atoms with van der Waals surface area (Å²) in [6.07, 6.45) is -15.4. The number of aliphatic hydroxyl groups excluding tert-OH is 5. The van der Waals surface area contributed by atoms with Gasteiger partial charge in [-0.1, -0.05) is 12.1 Å². The number of hydrogen-bond acceptors (Lipinski definition) is 16. The number of carbonyl (C=O) groups excluding carboxylic acids is 1. The van der Waals surface area contributed by atoms with Gasteiger partial charge in [0.25, 0.3) is 0 Å². The molecular weight excluding hydrogens is 664 g/mol. The molecule has 4 aliphatic rings. The van der Waals surface area contributed by atoms with Crippen molar-refractivity contribution in [1.82, 2.24) is 0 Å². The lowest BCUT2D eigenvalue weighted by Crippen LogP contribution is -2.64. The lowest BCUT2D eigenvalue weighted by Gasteiger charge is -2.45. The van der Waals surface area contributed by atoms with Gasteiger partial charge in [0.2, 0.25) is 6.29 Å². The largest absolute Gasteiger partial charge is 0.504 e. The van der Waals surface area contributed by atoms with Crippen molar-refractivity contribution >= 4 is 5.97 Å². The number of ether oxygens (including phenoxy) is 9. The molecule has 4 saturated heterocycles. The van der Waals surface area contributed by atoms with Gasteiger partial charge in [-0.3, -0.25) is 4.79 Å². The molecule has 6 rings (SSSR count). The molecule has 0 radical (unpaired) electrons. The zero-order valence-corrected chi connectivity index (χ0v) is 27.9. The third-order valence-corrected chi connectivity index (χ3v) is 9.75. The number of benzene rings is 2. The summed E-state index contributed by atoms with van der Waals surface area (Å²) < 4.78 is 52.0. The first-order valence-corrected chi connectivity index (χ1v) is 16.4. The van der Waals surface area contributed by atoms with E-state index in [4.69, 9.17) is 42.6 Å². The number of rotatable bonds is 10. The first kappa shape index (κ1) is 36.5. The summed E-state index contributed by atoms with van der Waals surface area (Å²) in [5, 5.41) is 63.1. The third kappa shape index (κ3) is 7.10. The summed E-state index contributed by atoms with van der Waals surface area (Å²) >= 11 is 0. The normalized spacial score (nSPS) is 38.3. The molecule has 0 aromatic heterocycles. The Morgan fingerprint density at radius 2 is 1.38 bits per heavy atom. The second kappa shape index (κ2) is 15.1. The Labute approximate surface area is 287 Å². The number of fused-ring (bicyclic) bond motifs is 1. The first-order valence-electron chi connectivity index (χ1n) is 16.4. The molecule has 4 heterocycles. The average molecular weight is 709 g/mol. The van der Waals surface area contributed by atoms with E-state index in [2.05, 4.69) is 0 Å². The smallest absolute Gasteiger partial charge is 0.302 e. The maximum Gasteiger partial charge on any atom is 0.302 e. The summed E-state index contributed by atoms with van der Waals surface area (Å²) in [4.78, 5) is 11.5. The maximum absolute atomic E-state index is 11.5. The quantitative estimate of drug-likeness (QED) is 0.180. The van der Waals surface area contributed by atoms with Crippen molar-refractivity contribution in [3.63, 3.8) is 0 Å². The van der Waals surface area contributed by atoms with Gasteiger partial charge >= 0.3 is 5.97 Å². The fraction of sp³-hybridized carbons (Fsp3) is 0.618. The molecule has 0 bridgehead atoms. The number of aromatic hydroxyl groups is 1. The van der Waals surface area contributed by atoms with Crippen LogP contribution in [0.3, 0.4) is 0 Å². The molecule has 0 spiro atoms. The molecule has 14 atom stereocenters. The lowest BCUT2D eigenvalue weighted by atomic mass is 9.85. The minimum absolute atomic E-state index is 0.00702. The fourth-order valence-electron chi connectivity index (χ4n) is 6.95. The topological polar surface area (TPSA) is 222 Å². The number of esters is 1. The SMILES string of the molecule is COc1cc([C@H]2OC[C@H]3[C@H]2CO[C@@H]3c2ccc(O[C@@H]3O[C@H](COC(C)=O)[C@@H](O)[C@H](O)[C@@H]3O[C@@H]3O[C@H](C)[C@H](O)[C@@H](O)[C@H]3O)c(OC)c2)ccc1O. The van der Waals surface area contributed by atoms with Crippen LogP contribution in [0.15, 0.2) is 36.4 Å². The fourth-order valence-corrected chi connectivity index (χ4v) is 6.95. The molecule has 0 unspecified atom stereocenters. The number of hydrogen-bond donors (Lipinski definition) is 6. The monoisotopic (exact) mass is 708 g/mol. The maximum atomic E-state index is 11.5. The van der Waals surface area contributed by atoms with Crippen LogP contribution in [0.2, 0.25) is 0 Å². The molecule has 16 heteroatoms. The zero-order valence-electron chi connectivity index (χ0n) is 27.9. The van der Waals surface area contributed by atoms with Crippen LogP contribution in [0.5, 0.6) is 23.0 Å². The van der Waals surface area contributed by atoms with Crippen LogP contribution in [-0.2, 0) is 33.2 Å². The van der Waals surface area contributed by atoms with Crippen LogP contribution < -0.4 is 14.2 Å². The van der Waals surface area contributed by atoms with Crippen molar-refractivity contribution in [2.45, 2.75) is 87.5 Å². The van der Waals surface area contributed by atoms with Crippen molar-refractivity contribution in [2.24, 2.45) is 11.8 Å². The highest BCUT2D eigenvalue weighted by atomic mass is 16.8. The predicted molar refractivity (Wildman–Crippen MR) is 167 cm³/mol. The Morgan fingerprint density at radius 3 is 2.00 bits per heavy atom. The van der Waals surface area contributed by atoms with Gasteiger partial charge in [0.05, 0.1) is 45.7 Å². The van der Waals surface area contributed by atoms with Crippen LogP contribution in [-0.4, -0.2) is 132 Å². The summed E-state index contributed by atoms with van der Waals surface area (Å²) in [5.41, 5.74) is 1.66. The van der Waals surface area contributed by atoms with E-state index in [0.717, 1.165) is 11.1 Å². The van der Waals surface area contributed by atoms with Crippen molar-refractivity contribution < 1.29 is 78.1 Å². The number of phenols is 1. The number of methoxy groups -OCH3 is 2. The molecule has 4 fully saturated rings. The predicted octanol–water partition coefficient (Wildman–Crippen LogP) is 0.0859. The summed E-state index contributed by atoms with van der Waals surface area (Å²) in [6.45, 7) is 3.10. The number of phenolic OH excluding ortho intramolecular Hbond substituents is 1. The van der Waals surface area contributed by atoms with Gasteiger partial charge in [-0.05, 0) is 42.3 Å². The summed E-state index contributed by atoms with van der Waals surface area (Å²) in [7, 11) is 2.93. The number of carbonyl (C=O) groups is 1. The Morgan fingerprint density at radius 1 is 0.760 bits per heavy atom. The van der Waals surface area contributed by atoms with Crippen molar-refractivity contribution in [1.29, 1.82) is 0 Å². The Hall–Kier alpha value is -3.29. The first-order chi connectivity index (χ1) is 23.9. The lowest BCUT2D eigenvalue weighted by molar-refractivity contribution is -0.354. The van der Waals surface area contributed by atoms with E-state index >= 15 is 0 Å². The molecule has 0 aliphatic carbocycles. The van der Waals surface area contributed by atoms with Gasteiger partial charge in [-0.15, -0.1) is 0 Å². The standard InChI is InChI=1S/C34H44O16/c1-14-25(37)27(39)29(41)33(47-14)50-32-28(40)26(38)24(13-44-15(2)35)49-34(32)48-21-8-6-17(10-23(21)43-4)31-19-12-45-30(18(19)11-46-31)16-5-7-20(36)22(9-16)42-3/h5-10,14,18-19,24-34,36-41H,11-13H2,1-4H3/t14-,18-,19+,24-,25+,26-,27-,28+,29-,30-,31-,32+,33+,34-/m1/s1. The zero-order chi connectivity index (χ0) is 35.9. The van der Waals surface area contributed by atoms with Crippen LogP contribution >= 0.6 is 0 Å². The average Bonchev–Trinajstić information content (AvgIpc) is 3.72. The molecule has 50 heavy (non-hydrogen) atoms. The molecule has 0 saturated carbocycles. The highest BCUT2D eigenvalue weighted by molar-refractivity contribution is 5.65. The van der Waals surface area contributed by atoms with Crippen LogP contribution in [0.25, 0.3) is 0 Å². The van der Waals surface area contributed by atoms with Crippen molar-refractivity contribution in [3.8, 4) is 23.0 Å². The van der Waals surface area contributed by atoms with Crippen LogP contribution in [0.4, 0.5) is 0 Å². The molecule has 276 valence electrons. The molecule has 6 N–H and O–H groups in total. The molecule has 2 aromatic rings.